The topological polar surface area (TPSA) is 85.3 Å². The quantitative estimate of drug-likeness (QED) is 0.775. The summed E-state index contributed by atoms with van der Waals surface area (Å²) in [4.78, 5) is 12.0. The Morgan fingerprint density at radius 3 is 2.61 bits per heavy atom. The van der Waals surface area contributed by atoms with Gasteiger partial charge in [0.05, 0.1) is 19.4 Å². The predicted octanol–water partition coefficient (Wildman–Crippen LogP) is 1.43. The first-order valence-corrected chi connectivity index (χ1v) is 8.32. The van der Waals surface area contributed by atoms with E-state index in [-0.39, 0.29) is 18.0 Å². The summed E-state index contributed by atoms with van der Waals surface area (Å²) >= 11 is 0. The highest BCUT2D eigenvalue weighted by Gasteiger charge is 2.30. The predicted molar refractivity (Wildman–Crippen MR) is 85.7 cm³/mol. The minimum absolute atomic E-state index is 0.0784. The lowest BCUT2D eigenvalue weighted by Crippen LogP contribution is -2.34. The Kier molecular flexibility index (Phi) is 4.74. The van der Waals surface area contributed by atoms with Gasteiger partial charge >= 0.3 is 16.2 Å². The molecule has 0 bridgehead atoms. The van der Waals surface area contributed by atoms with Gasteiger partial charge in [-0.3, -0.25) is 0 Å². The fourth-order valence-corrected chi connectivity index (χ4v) is 3.03. The van der Waals surface area contributed by atoms with Crippen LogP contribution >= 0.6 is 0 Å². The molecule has 124 valence electrons. The second-order valence-corrected chi connectivity index (χ2v) is 6.48. The Balaban J connectivity index is 2.52. The molecule has 0 N–H and O–H groups in total. The van der Waals surface area contributed by atoms with Crippen LogP contribution in [-0.4, -0.2) is 45.2 Å². The maximum absolute atomic E-state index is 12.2. The van der Waals surface area contributed by atoms with Gasteiger partial charge in [0, 0.05) is 12.6 Å². The van der Waals surface area contributed by atoms with Crippen molar-refractivity contribution in [3.05, 3.63) is 41.1 Å². The number of hydrogen-bond donors (Lipinski definition) is 0. The Morgan fingerprint density at radius 2 is 2.04 bits per heavy atom. The number of esters is 1. The second-order valence-electron chi connectivity index (χ2n) is 4.86. The Bertz CT molecular complexity index is 796. The Hall–Kier alpha value is -2.35. The highest BCUT2D eigenvalue weighted by Crippen LogP contribution is 2.24. The molecule has 1 aliphatic rings. The van der Waals surface area contributed by atoms with E-state index in [0.717, 1.165) is 9.87 Å². The first kappa shape index (κ1) is 17.0. The smallest absolute Gasteiger partial charge is 0.355 e. The van der Waals surface area contributed by atoms with Crippen LogP contribution in [0.2, 0.25) is 0 Å². The number of benzene rings is 1. The molecule has 23 heavy (non-hydrogen) atoms. The van der Waals surface area contributed by atoms with Crippen LogP contribution in [0.3, 0.4) is 0 Å². The van der Waals surface area contributed by atoms with Gasteiger partial charge in [0.15, 0.2) is 0 Å². The second kappa shape index (κ2) is 6.41. The molecule has 8 heteroatoms. The van der Waals surface area contributed by atoms with Crippen LogP contribution in [0, 0.1) is 6.92 Å². The highest BCUT2D eigenvalue weighted by atomic mass is 32.2. The minimum atomic E-state index is -3.98. The molecule has 0 radical (unpaired) electrons. The summed E-state index contributed by atoms with van der Waals surface area (Å²) in [6.07, 6.45) is 1.40. The lowest BCUT2D eigenvalue weighted by atomic mass is 10.1. The number of allylic oxidation sites excluding steroid dienone is 1. The fraction of sp³-hybridized carbons (Fsp3) is 0.333. The summed E-state index contributed by atoms with van der Waals surface area (Å²) in [7, 11) is -1.16. The molecule has 0 spiro atoms. The summed E-state index contributed by atoms with van der Waals surface area (Å²) in [5, 5.41) is 0. The van der Waals surface area contributed by atoms with E-state index in [9.17, 15) is 13.2 Å². The molecule has 1 heterocycles. The van der Waals surface area contributed by atoms with Crippen molar-refractivity contribution < 1.29 is 22.7 Å². The number of likely N-dealkylation sites (N-methyl/N-ethyl adjacent to an activating group) is 1. The summed E-state index contributed by atoms with van der Waals surface area (Å²) in [5.41, 5.74) is 1.50. The standard InChI is InChI=1S/C15H18N2O5S/c1-5-22-15(18)13-9-12(16-23(19,20)17(13)3)11-6-7-14(21-4)10(2)8-11/h6-9H,5H2,1-4H3. The SMILES string of the molecule is CCOC(=O)C1=CC(c2ccc(OC)c(C)c2)=NS(=O)(=O)N1C. The van der Waals surface area contributed by atoms with E-state index in [2.05, 4.69) is 4.40 Å². The van der Waals surface area contributed by atoms with Crippen LogP contribution in [0.1, 0.15) is 18.1 Å². The summed E-state index contributed by atoms with van der Waals surface area (Å²) in [6.45, 7) is 3.64. The molecule has 0 saturated carbocycles. The van der Waals surface area contributed by atoms with Crippen molar-refractivity contribution in [3.63, 3.8) is 0 Å². The zero-order chi connectivity index (χ0) is 17.2. The molecule has 0 amide bonds. The van der Waals surface area contributed by atoms with Crippen LogP contribution in [-0.2, 0) is 19.7 Å². The number of rotatable bonds is 4. The van der Waals surface area contributed by atoms with Crippen molar-refractivity contribution in [1.29, 1.82) is 0 Å². The van der Waals surface area contributed by atoms with Gasteiger partial charge in [-0.25, -0.2) is 9.10 Å². The van der Waals surface area contributed by atoms with E-state index >= 15 is 0 Å². The van der Waals surface area contributed by atoms with Crippen molar-refractivity contribution in [2.45, 2.75) is 13.8 Å². The van der Waals surface area contributed by atoms with Gasteiger partial charge in [-0.05, 0) is 43.7 Å². The molecular weight excluding hydrogens is 320 g/mol. The average molecular weight is 338 g/mol. The van der Waals surface area contributed by atoms with Gasteiger partial charge in [0.1, 0.15) is 11.4 Å². The van der Waals surface area contributed by atoms with Crippen molar-refractivity contribution in [2.24, 2.45) is 4.40 Å². The molecule has 0 fully saturated rings. The largest absolute Gasteiger partial charge is 0.496 e. The van der Waals surface area contributed by atoms with Crippen molar-refractivity contribution in [1.82, 2.24) is 4.31 Å². The zero-order valence-corrected chi connectivity index (χ0v) is 14.2. The Labute approximate surface area is 135 Å². The average Bonchev–Trinajstić information content (AvgIpc) is 2.49. The molecule has 1 aromatic carbocycles. The number of methoxy groups -OCH3 is 1. The fourth-order valence-electron chi connectivity index (χ4n) is 2.12. The maximum atomic E-state index is 12.2. The molecule has 0 aliphatic carbocycles. The van der Waals surface area contributed by atoms with Crippen LogP contribution in [0.25, 0.3) is 0 Å². The van der Waals surface area contributed by atoms with Gasteiger partial charge < -0.3 is 9.47 Å². The first-order chi connectivity index (χ1) is 10.8. The Morgan fingerprint density at radius 1 is 1.35 bits per heavy atom. The summed E-state index contributed by atoms with van der Waals surface area (Å²) in [5.74, 6) is -0.0315. The molecule has 0 saturated heterocycles. The normalized spacial score (nSPS) is 16.4. The van der Waals surface area contributed by atoms with E-state index in [4.69, 9.17) is 9.47 Å². The lowest BCUT2D eigenvalue weighted by Gasteiger charge is -2.23. The summed E-state index contributed by atoms with van der Waals surface area (Å²) < 4.78 is 39.0. The molecule has 0 atom stereocenters. The maximum Gasteiger partial charge on any atom is 0.355 e. The van der Waals surface area contributed by atoms with Crippen LogP contribution in [0.5, 0.6) is 5.75 Å². The third-order valence-corrected chi connectivity index (χ3v) is 4.66. The number of hydrogen-bond acceptors (Lipinski definition) is 5. The zero-order valence-electron chi connectivity index (χ0n) is 13.4. The van der Waals surface area contributed by atoms with E-state index in [1.165, 1.54) is 13.1 Å². The molecule has 0 aromatic heterocycles. The highest BCUT2D eigenvalue weighted by molar-refractivity contribution is 7.88. The molecular formula is C15H18N2O5S. The van der Waals surface area contributed by atoms with E-state index in [1.807, 2.05) is 6.92 Å². The van der Waals surface area contributed by atoms with Crippen LogP contribution in [0.4, 0.5) is 0 Å². The van der Waals surface area contributed by atoms with E-state index in [0.29, 0.717) is 11.3 Å². The molecule has 7 nitrogen and oxygen atoms in total. The van der Waals surface area contributed by atoms with Gasteiger partial charge in [-0.1, -0.05) is 0 Å². The van der Waals surface area contributed by atoms with Gasteiger partial charge in [0.25, 0.3) is 0 Å². The van der Waals surface area contributed by atoms with Gasteiger partial charge in [-0.2, -0.15) is 8.42 Å². The van der Waals surface area contributed by atoms with Crippen molar-refractivity contribution in [3.8, 4) is 5.75 Å². The van der Waals surface area contributed by atoms with Crippen molar-refractivity contribution in [2.75, 3.05) is 20.8 Å². The summed E-state index contributed by atoms with van der Waals surface area (Å²) in [6, 6.07) is 5.15. The number of nitrogens with zero attached hydrogens (tertiary/aromatic N) is 2. The van der Waals surface area contributed by atoms with Crippen LogP contribution in [0.15, 0.2) is 34.4 Å². The number of carbonyl (C=O) groups excluding carboxylic acids is 1. The minimum Gasteiger partial charge on any atom is -0.496 e. The van der Waals surface area contributed by atoms with Crippen LogP contribution < -0.4 is 4.74 Å². The first-order valence-electron chi connectivity index (χ1n) is 6.92. The molecule has 2 rings (SSSR count). The van der Waals surface area contributed by atoms with Gasteiger partial charge in [-0.15, -0.1) is 4.40 Å². The van der Waals surface area contributed by atoms with Crippen molar-refractivity contribution >= 4 is 21.9 Å². The molecule has 0 unspecified atom stereocenters. The third-order valence-electron chi connectivity index (χ3n) is 3.35. The van der Waals surface area contributed by atoms with E-state index in [1.54, 1.807) is 32.2 Å². The molecule has 1 aliphatic heterocycles. The number of ether oxygens (including phenoxy) is 2. The monoisotopic (exact) mass is 338 g/mol. The molecule has 1 aromatic rings. The number of aryl methyl sites for hydroxylation is 1. The van der Waals surface area contributed by atoms with E-state index < -0.39 is 16.2 Å². The van der Waals surface area contributed by atoms with Gasteiger partial charge in [0.2, 0.25) is 0 Å². The number of carbonyl (C=O) groups is 1. The third kappa shape index (κ3) is 3.37. The lowest BCUT2D eigenvalue weighted by molar-refractivity contribution is -0.139.